The van der Waals surface area contributed by atoms with Crippen molar-refractivity contribution in [2.24, 2.45) is 0 Å². The van der Waals surface area contributed by atoms with Crippen molar-refractivity contribution in [1.82, 2.24) is 10.2 Å². The highest BCUT2D eigenvalue weighted by molar-refractivity contribution is 6.31. The fourth-order valence-electron chi connectivity index (χ4n) is 1.56. The summed E-state index contributed by atoms with van der Waals surface area (Å²) < 4.78 is 0. The smallest absolute Gasteiger partial charge is 0.254 e. The van der Waals surface area contributed by atoms with Gasteiger partial charge in [0.2, 0.25) is 5.91 Å². The number of nitrogens with two attached hydrogens (primary N) is 1. The Balaban J connectivity index is 2.77. The van der Waals surface area contributed by atoms with Gasteiger partial charge in [0.15, 0.2) is 0 Å². The van der Waals surface area contributed by atoms with E-state index in [2.05, 4.69) is 5.32 Å². The predicted molar refractivity (Wildman–Crippen MR) is 76.1 cm³/mol. The molecule has 0 aliphatic carbocycles. The summed E-state index contributed by atoms with van der Waals surface area (Å²) in [5.41, 5.74) is 6.31. The summed E-state index contributed by atoms with van der Waals surface area (Å²) in [6.07, 6.45) is 0. The Morgan fingerprint density at radius 2 is 2.11 bits per heavy atom. The molecule has 1 aromatic rings. The second kappa shape index (κ2) is 6.43. The van der Waals surface area contributed by atoms with Gasteiger partial charge in [-0.05, 0) is 32.0 Å². The summed E-state index contributed by atoms with van der Waals surface area (Å²) in [7, 11) is 1.68. The number of hydrogen-bond donors (Lipinski definition) is 2. The zero-order chi connectivity index (χ0) is 14.6. The Labute approximate surface area is 117 Å². The molecule has 1 rings (SSSR count). The summed E-state index contributed by atoms with van der Waals surface area (Å²) in [6.45, 7) is 4.09. The van der Waals surface area contributed by atoms with Crippen molar-refractivity contribution in [2.75, 3.05) is 19.3 Å². The van der Waals surface area contributed by atoms with Crippen LogP contribution in [0.1, 0.15) is 24.2 Å². The Morgan fingerprint density at radius 3 is 2.63 bits per heavy atom. The van der Waals surface area contributed by atoms with E-state index in [0.29, 0.717) is 17.1 Å². The van der Waals surface area contributed by atoms with Crippen LogP contribution in [0.5, 0.6) is 0 Å². The van der Waals surface area contributed by atoms with E-state index in [1.54, 1.807) is 20.0 Å². The number of nitrogen functional groups attached to an aromatic ring is 1. The highest BCUT2D eigenvalue weighted by Gasteiger charge is 2.20. The van der Waals surface area contributed by atoms with Gasteiger partial charge in [-0.25, -0.2) is 0 Å². The number of carbonyl (C=O) groups is 2. The van der Waals surface area contributed by atoms with Crippen molar-refractivity contribution < 1.29 is 9.59 Å². The molecule has 104 valence electrons. The van der Waals surface area contributed by atoms with E-state index >= 15 is 0 Å². The number of likely N-dealkylation sites (N-methyl/N-ethyl adjacent to an activating group) is 1. The molecule has 1 unspecified atom stereocenters. The summed E-state index contributed by atoms with van der Waals surface area (Å²) in [5.74, 6) is -0.539. The maximum atomic E-state index is 12.0. The number of anilines is 1. The molecule has 0 aliphatic rings. The van der Waals surface area contributed by atoms with Crippen molar-refractivity contribution in [3.05, 3.63) is 28.8 Å². The number of nitrogens with one attached hydrogen (secondary N) is 1. The molecule has 0 bridgehead atoms. The Hall–Kier alpha value is -1.75. The Kier molecular flexibility index (Phi) is 5.18. The number of rotatable bonds is 4. The maximum Gasteiger partial charge on any atom is 0.254 e. The quantitative estimate of drug-likeness (QED) is 0.823. The SMILES string of the molecule is CCN(C)C(=O)C(C)NC(=O)c1ccc(Cl)cc1N. The largest absolute Gasteiger partial charge is 0.398 e. The van der Waals surface area contributed by atoms with Crippen LogP contribution in [-0.4, -0.2) is 36.3 Å². The van der Waals surface area contributed by atoms with E-state index in [4.69, 9.17) is 17.3 Å². The third-order valence-electron chi connectivity index (χ3n) is 2.83. The lowest BCUT2D eigenvalue weighted by Crippen LogP contribution is -2.45. The summed E-state index contributed by atoms with van der Waals surface area (Å²) >= 11 is 5.77. The van der Waals surface area contributed by atoms with Crippen LogP contribution in [0.4, 0.5) is 5.69 Å². The number of halogens is 1. The van der Waals surface area contributed by atoms with Gasteiger partial charge in [0.25, 0.3) is 5.91 Å². The average Bonchev–Trinajstić information content (AvgIpc) is 2.36. The van der Waals surface area contributed by atoms with E-state index < -0.39 is 6.04 Å². The standard InChI is InChI=1S/C13H18ClN3O2/c1-4-17(3)13(19)8(2)16-12(18)10-6-5-9(14)7-11(10)15/h5-8H,4,15H2,1-3H3,(H,16,18). The number of amides is 2. The van der Waals surface area contributed by atoms with Gasteiger partial charge in [-0.15, -0.1) is 0 Å². The first kappa shape index (κ1) is 15.3. The zero-order valence-corrected chi connectivity index (χ0v) is 12.0. The molecule has 0 heterocycles. The highest BCUT2D eigenvalue weighted by atomic mass is 35.5. The molecule has 0 saturated carbocycles. The molecule has 5 nitrogen and oxygen atoms in total. The van der Waals surface area contributed by atoms with E-state index in [9.17, 15) is 9.59 Å². The van der Waals surface area contributed by atoms with E-state index in [1.165, 1.54) is 17.0 Å². The molecule has 0 saturated heterocycles. The second-order valence-electron chi connectivity index (χ2n) is 4.28. The van der Waals surface area contributed by atoms with Crippen LogP contribution in [-0.2, 0) is 4.79 Å². The van der Waals surface area contributed by atoms with Crippen molar-refractivity contribution in [2.45, 2.75) is 19.9 Å². The van der Waals surface area contributed by atoms with Gasteiger partial charge in [0, 0.05) is 24.3 Å². The minimum Gasteiger partial charge on any atom is -0.398 e. The van der Waals surface area contributed by atoms with Crippen LogP contribution in [0.2, 0.25) is 5.02 Å². The van der Waals surface area contributed by atoms with Crippen LogP contribution in [0.15, 0.2) is 18.2 Å². The molecule has 0 aromatic heterocycles. The highest BCUT2D eigenvalue weighted by Crippen LogP contribution is 2.17. The van der Waals surface area contributed by atoms with Crippen molar-refractivity contribution in [3.8, 4) is 0 Å². The van der Waals surface area contributed by atoms with Crippen LogP contribution < -0.4 is 11.1 Å². The van der Waals surface area contributed by atoms with Crippen LogP contribution in [0.3, 0.4) is 0 Å². The first-order valence-electron chi connectivity index (χ1n) is 5.97. The topological polar surface area (TPSA) is 75.4 Å². The van der Waals surface area contributed by atoms with Gasteiger partial charge in [-0.2, -0.15) is 0 Å². The zero-order valence-electron chi connectivity index (χ0n) is 11.2. The van der Waals surface area contributed by atoms with E-state index in [0.717, 1.165) is 0 Å². The van der Waals surface area contributed by atoms with Crippen LogP contribution in [0, 0.1) is 0 Å². The summed E-state index contributed by atoms with van der Waals surface area (Å²) in [4.78, 5) is 25.4. The fourth-order valence-corrected chi connectivity index (χ4v) is 1.74. The Morgan fingerprint density at radius 1 is 1.47 bits per heavy atom. The third kappa shape index (κ3) is 3.86. The van der Waals surface area contributed by atoms with E-state index in [-0.39, 0.29) is 17.5 Å². The minimum atomic E-state index is -0.604. The molecular weight excluding hydrogens is 266 g/mol. The van der Waals surface area contributed by atoms with Crippen LogP contribution in [0.25, 0.3) is 0 Å². The van der Waals surface area contributed by atoms with Crippen molar-refractivity contribution >= 4 is 29.1 Å². The predicted octanol–water partition coefficient (Wildman–Crippen LogP) is 1.52. The monoisotopic (exact) mass is 283 g/mol. The molecule has 2 amide bonds. The summed E-state index contributed by atoms with van der Waals surface area (Å²) in [5, 5.41) is 3.08. The van der Waals surface area contributed by atoms with Gasteiger partial charge < -0.3 is 16.0 Å². The van der Waals surface area contributed by atoms with E-state index in [1.807, 2.05) is 6.92 Å². The normalized spacial score (nSPS) is 11.8. The molecule has 0 aliphatic heterocycles. The van der Waals surface area contributed by atoms with Crippen molar-refractivity contribution in [3.63, 3.8) is 0 Å². The van der Waals surface area contributed by atoms with Gasteiger partial charge in [0.05, 0.1) is 5.56 Å². The molecule has 3 N–H and O–H groups in total. The molecule has 0 radical (unpaired) electrons. The molecular formula is C13H18ClN3O2. The van der Waals surface area contributed by atoms with Crippen molar-refractivity contribution in [1.29, 1.82) is 0 Å². The second-order valence-corrected chi connectivity index (χ2v) is 4.72. The van der Waals surface area contributed by atoms with Gasteiger partial charge in [0.1, 0.15) is 6.04 Å². The third-order valence-corrected chi connectivity index (χ3v) is 3.06. The molecule has 0 fully saturated rings. The number of hydrogen-bond acceptors (Lipinski definition) is 3. The lowest BCUT2D eigenvalue weighted by molar-refractivity contribution is -0.131. The fraction of sp³-hybridized carbons (Fsp3) is 0.385. The Bertz CT molecular complexity index is 491. The van der Waals surface area contributed by atoms with Gasteiger partial charge in [-0.1, -0.05) is 11.6 Å². The molecule has 1 aromatic carbocycles. The molecule has 19 heavy (non-hydrogen) atoms. The van der Waals surface area contributed by atoms with Crippen LogP contribution >= 0.6 is 11.6 Å². The summed E-state index contributed by atoms with van der Waals surface area (Å²) in [6, 6.07) is 4.01. The van der Waals surface area contributed by atoms with Gasteiger partial charge in [-0.3, -0.25) is 9.59 Å². The number of nitrogens with zero attached hydrogens (tertiary/aromatic N) is 1. The maximum absolute atomic E-state index is 12.0. The average molecular weight is 284 g/mol. The molecule has 6 heteroatoms. The molecule has 1 atom stereocenters. The lowest BCUT2D eigenvalue weighted by Gasteiger charge is -2.20. The first-order chi connectivity index (χ1) is 8.86. The number of carbonyl (C=O) groups excluding carboxylic acids is 2. The lowest BCUT2D eigenvalue weighted by atomic mass is 10.1. The first-order valence-corrected chi connectivity index (χ1v) is 6.35. The number of benzene rings is 1. The minimum absolute atomic E-state index is 0.150. The molecule has 0 spiro atoms. The van der Waals surface area contributed by atoms with Gasteiger partial charge >= 0.3 is 0 Å².